The van der Waals surface area contributed by atoms with Crippen LogP contribution in [-0.4, -0.2) is 33.9 Å². The van der Waals surface area contributed by atoms with Crippen LogP contribution in [0.15, 0.2) is 18.2 Å². The predicted octanol–water partition coefficient (Wildman–Crippen LogP) is 1.77. The molecule has 0 fully saturated rings. The highest BCUT2D eigenvalue weighted by Gasteiger charge is 2.18. The van der Waals surface area contributed by atoms with Gasteiger partial charge in [0.1, 0.15) is 5.75 Å². The van der Waals surface area contributed by atoms with E-state index in [4.69, 9.17) is 16.3 Å². The Bertz CT molecular complexity index is 572. The molecule has 1 heterocycles. The lowest BCUT2D eigenvalue weighted by atomic mass is 10.0. The van der Waals surface area contributed by atoms with Gasteiger partial charge in [0.15, 0.2) is 5.82 Å². The molecule has 0 saturated carbocycles. The number of tetrazole rings is 1. The Morgan fingerprint density at radius 1 is 1.45 bits per heavy atom. The molecule has 2 rings (SSSR count). The molecule has 7 heteroatoms. The zero-order valence-corrected chi connectivity index (χ0v) is 12.6. The minimum atomic E-state index is 0.0522. The first-order valence-corrected chi connectivity index (χ1v) is 6.81. The Balaban J connectivity index is 2.28. The largest absolute Gasteiger partial charge is 0.496 e. The smallest absolute Gasteiger partial charge is 0.176 e. The van der Waals surface area contributed by atoms with Crippen molar-refractivity contribution in [3.63, 3.8) is 0 Å². The normalized spacial score (nSPS) is 12.4. The van der Waals surface area contributed by atoms with Crippen LogP contribution in [0.5, 0.6) is 5.75 Å². The number of methoxy groups -OCH3 is 1. The van der Waals surface area contributed by atoms with Crippen molar-refractivity contribution in [3.05, 3.63) is 34.6 Å². The van der Waals surface area contributed by atoms with Crippen LogP contribution in [0.2, 0.25) is 5.02 Å². The number of likely N-dealkylation sites (N-methyl/N-ethyl adjacent to an activating group) is 1. The first-order valence-electron chi connectivity index (χ1n) is 6.43. The van der Waals surface area contributed by atoms with Crippen molar-refractivity contribution in [2.75, 3.05) is 13.7 Å². The van der Waals surface area contributed by atoms with Gasteiger partial charge in [0, 0.05) is 23.0 Å². The maximum Gasteiger partial charge on any atom is 0.176 e. The molecular formula is C13H18ClN5O. The number of halogens is 1. The molecule has 1 atom stereocenters. The summed E-state index contributed by atoms with van der Waals surface area (Å²) in [6.45, 7) is 2.89. The molecule has 20 heavy (non-hydrogen) atoms. The minimum Gasteiger partial charge on any atom is -0.496 e. The molecule has 0 bridgehead atoms. The van der Waals surface area contributed by atoms with Crippen LogP contribution in [0.3, 0.4) is 0 Å². The van der Waals surface area contributed by atoms with Crippen molar-refractivity contribution in [2.24, 2.45) is 7.05 Å². The van der Waals surface area contributed by atoms with Crippen molar-refractivity contribution in [1.29, 1.82) is 0 Å². The van der Waals surface area contributed by atoms with Gasteiger partial charge in [-0.1, -0.05) is 24.6 Å². The molecule has 1 aromatic carbocycles. The van der Waals surface area contributed by atoms with Crippen molar-refractivity contribution in [3.8, 4) is 5.75 Å². The Labute approximate surface area is 123 Å². The molecule has 0 aliphatic carbocycles. The third-order valence-electron chi connectivity index (χ3n) is 2.96. The third kappa shape index (κ3) is 3.46. The quantitative estimate of drug-likeness (QED) is 0.880. The van der Waals surface area contributed by atoms with E-state index in [1.165, 1.54) is 4.80 Å². The van der Waals surface area contributed by atoms with Crippen LogP contribution >= 0.6 is 11.6 Å². The van der Waals surface area contributed by atoms with Crippen LogP contribution in [0.4, 0.5) is 0 Å². The van der Waals surface area contributed by atoms with Crippen molar-refractivity contribution < 1.29 is 4.74 Å². The summed E-state index contributed by atoms with van der Waals surface area (Å²) in [5.74, 6) is 1.45. The number of ether oxygens (including phenoxy) is 1. The summed E-state index contributed by atoms with van der Waals surface area (Å²) in [5, 5.41) is 16.2. The number of nitrogens with zero attached hydrogens (tertiary/aromatic N) is 4. The molecule has 0 amide bonds. The topological polar surface area (TPSA) is 64.9 Å². The summed E-state index contributed by atoms with van der Waals surface area (Å²) >= 11 is 6.00. The lowest BCUT2D eigenvalue weighted by Gasteiger charge is -2.19. The Morgan fingerprint density at radius 2 is 2.25 bits per heavy atom. The summed E-state index contributed by atoms with van der Waals surface area (Å²) in [5.41, 5.74) is 1.03. The van der Waals surface area contributed by atoms with Crippen LogP contribution in [-0.2, 0) is 13.5 Å². The zero-order chi connectivity index (χ0) is 14.5. The van der Waals surface area contributed by atoms with E-state index in [1.807, 2.05) is 18.2 Å². The number of aromatic nitrogens is 4. The maximum atomic E-state index is 6.00. The number of hydrogen-bond acceptors (Lipinski definition) is 5. The fourth-order valence-corrected chi connectivity index (χ4v) is 2.26. The molecule has 108 valence electrons. The van der Waals surface area contributed by atoms with Crippen LogP contribution in [0, 0.1) is 0 Å². The third-order valence-corrected chi connectivity index (χ3v) is 3.19. The molecule has 0 radical (unpaired) electrons. The standard InChI is InChI=1S/C13H18ClN5O/c1-4-15-11(8-13-16-18-19(2)17-13)10-6-5-9(14)7-12(10)20-3/h5-7,11,15H,4,8H2,1-3H3. The van der Waals surface area contributed by atoms with Gasteiger partial charge < -0.3 is 10.1 Å². The van der Waals surface area contributed by atoms with Crippen molar-refractivity contribution in [2.45, 2.75) is 19.4 Å². The summed E-state index contributed by atoms with van der Waals surface area (Å²) in [7, 11) is 3.39. The fourth-order valence-electron chi connectivity index (χ4n) is 2.10. The van der Waals surface area contributed by atoms with Crippen molar-refractivity contribution in [1.82, 2.24) is 25.5 Å². The highest BCUT2D eigenvalue weighted by Crippen LogP contribution is 2.29. The molecule has 1 unspecified atom stereocenters. The van der Waals surface area contributed by atoms with Gasteiger partial charge in [0.05, 0.1) is 14.2 Å². The second kappa shape index (κ2) is 6.67. The van der Waals surface area contributed by atoms with E-state index in [0.29, 0.717) is 17.3 Å². The molecular weight excluding hydrogens is 278 g/mol. The van der Waals surface area contributed by atoms with E-state index in [0.717, 1.165) is 17.9 Å². The summed E-state index contributed by atoms with van der Waals surface area (Å²) in [6.07, 6.45) is 0.639. The number of hydrogen-bond donors (Lipinski definition) is 1. The van der Waals surface area contributed by atoms with Crippen molar-refractivity contribution >= 4 is 11.6 Å². The lowest BCUT2D eigenvalue weighted by molar-refractivity contribution is 0.398. The van der Waals surface area contributed by atoms with Gasteiger partial charge in [-0.15, -0.1) is 10.2 Å². The van der Waals surface area contributed by atoms with Gasteiger partial charge in [-0.2, -0.15) is 4.80 Å². The Kier molecular flexibility index (Phi) is 4.92. The molecule has 0 spiro atoms. The summed E-state index contributed by atoms with van der Waals surface area (Å²) in [4.78, 5) is 1.46. The summed E-state index contributed by atoms with van der Waals surface area (Å²) in [6, 6.07) is 5.68. The summed E-state index contributed by atoms with van der Waals surface area (Å²) < 4.78 is 5.41. The first kappa shape index (κ1) is 14.7. The van der Waals surface area contributed by atoms with Gasteiger partial charge in [-0.3, -0.25) is 0 Å². The maximum absolute atomic E-state index is 6.00. The van der Waals surface area contributed by atoms with E-state index in [9.17, 15) is 0 Å². The Morgan fingerprint density at radius 3 is 2.85 bits per heavy atom. The van der Waals surface area contributed by atoms with Gasteiger partial charge in [0.2, 0.25) is 0 Å². The molecule has 6 nitrogen and oxygen atoms in total. The van der Waals surface area contributed by atoms with Gasteiger partial charge in [0.25, 0.3) is 0 Å². The fraction of sp³-hybridized carbons (Fsp3) is 0.462. The highest BCUT2D eigenvalue weighted by atomic mass is 35.5. The molecule has 0 saturated heterocycles. The average Bonchev–Trinajstić information content (AvgIpc) is 2.83. The number of benzene rings is 1. The molecule has 1 aromatic heterocycles. The van der Waals surface area contributed by atoms with Gasteiger partial charge in [-0.05, 0) is 23.9 Å². The molecule has 0 aliphatic rings. The van der Waals surface area contributed by atoms with E-state index in [-0.39, 0.29) is 6.04 Å². The predicted molar refractivity (Wildman–Crippen MR) is 76.9 cm³/mol. The molecule has 2 aromatic rings. The zero-order valence-electron chi connectivity index (χ0n) is 11.8. The number of aryl methyl sites for hydroxylation is 1. The minimum absolute atomic E-state index is 0.0522. The van der Waals surface area contributed by atoms with E-state index in [2.05, 4.69) is 27.7 Å². The lowest BCUT2D eigenvalue weighted by Crippen LogP contribution is -2.24. The van der Waals surface area contributed by atoms with E-state index >= 15 is 0 Å². The number of rotatable bonds is 6. The van der Waals surface area contributed by atoms with Crippen LogP contribution in [0.1, 0.15) is 24.4 Å². The highest BCUT2D eigenvalue weighted by molar-refractivity contribution is 6.30. The average molecular weight is 296 g/mol. The van der Waals surface area contributed by atoms with E-state index in [1.54, 1.807) is 14.2 Å². The second-order valence-corrected chi connectivity index (χ2v) is 4.83. The van der Waals surface area contributed by atoms with E-state index < -0.39 is 0 Å². The van der Waals surface area contributed by atoms with Gasteiger partial charge >= 0.3 is 0 Å². The van der Waals surface area contributed by atoms with Crippen LogP contribution < -0.4 is 10.1 Å². The SMILES string of the molecule is CCNC(Cc1nnn(C)n1)c1ccc(Cl)cc1OC. The molecule has 1 N–H and O–H groups in total. The Hall–Kier alpha value is -1.66. The van der Waals surface area contributed by atoms with Gasteiger partial charge in [-0.25, -0.2) is 0 Å². The van der Waals surface area contributed by atoms with Crippen LogP contribution in [0.25, 0.3) is 0 Å². The second-order valence-electron chi connectivity index (χ2n) is 4.40. The monoisotopic (exact) mass is 295 g/mol. The first-order chi connectivity index (χ1) is 9.63. The molecule has 0 aliphatic heterocycles. The number of nitrogens with one attached hydrogen (secondary N) is 1.